The molecule has 1 aliphatic rings. The Kier molecular flexibility index (Phi) is 7.09. The van der Waals surface area contributed by atoms with Crippen LogP contribution >= 0.6 is 56.5 Å². The molecule has 1 aliphatic carbocycles. The summed E-state index contributed by atoms with van der Waals surface area (Å²) in [6.07, 6.45) is 6.11. The summed E-state index contributed by atoms with van der Waals surface area (Å²) in [6.45, 7) is 0. The first-order valence-electron chi connectivity index (χ1n) is 9.65. The fourth-order valence-corrected chi connectivity index (χ4v) is 7.06. The van der Waals surface area contributed by atoms with Gasteiger partial charge in [-0.2, -0.15) is 0 Å². The number of aryl methyl sites for hydroxylation is 1. The van der Waals surface area contributed by atoms with Crippen LogP contribution in [0.4, 0.5) is 10.7 Å². The lowest BCUT2D eigenvalue weighted by atomic mass is 9.95. The molecule has 0 fully saturated rings. The Hall–Kier alpha value is -1.46. The largest absolute Gasteiger partial charge is 0.495 e. The summed E-state index contributed by atoms with van der Waals surface area (Å²) >= 11 is 6.19. The lowest BCUT2D eigenvalue weighted by molar-refractivity contribution is 0.102. The quantitative estimate of drug-likeness (QED) is 0.245. The van der Waals surface area contributed by atoms with Gasteiger partial charge in [-0.15, -0.1) is 11.3 Å². The third kappa shape index (κ3) is 4.72. The van der Waals surface area contributed by atoms with E-state index < -0.39 is 0 Å². The predicted molar refractivity (Wildman–Crippen MR) is 141 cm³/mol. The third-order valence-electron chi connectivity index (χ3n) is 4.97. The normalized spacial score (nSPS) is 13.3. The Morgan fingerprint density at radius 3 is 2.53 bits per heavy atom. The van der Waals surface area contributed by atoms with E-state index in [1.54, 1.807) is 18.4 Å². The number of halogens is 2. The Morgan fingerprint density at radius 2 is 1.83 bits per heavy atom. The molecule has 154 valence electrons. The van der Waals surface area contributed by atoms with Crippen LogP contribution in [0.1, 0.15) is 39.2 Å². The van der Waals surface area contributed by atoms with Crippen LogP contribution in [0.3, 0.4) is 0 Å². The molecule has 0 radical (unpaired) electrons. The number of amides is 1. The maximum atomic E-state index is 13.2. The van der Waals surface area contributed by atoms with E-state index >= 15 is 0 Å². The highest BCUT2D eigenvalue weighted by Crippen LogP contribution is 2.40. The van der Waals surface area contributed by atoms with E-state index in [0.29, 0.717) is 0 Å². The maximum absolute atomic E-state index is 13.2. The number of benzene rings is 2. The molecule has 3 aromatic rings. The van der Waals surface area contributed by atoms with Crippen LogP contribution in [-0.4, -0.2) is 19.2 Å². The van der Waals surface area contributed by atoms with Crippen molar-refractivity contribution in [1.29, 1.82) is 0 Å². The lowest BCUT2D eigenvalue weighted by Gasteiger charge is -2.12. The SMILES string of the molecule is COc1c(I)cc(C=Nc2sc3c(c2C(=O)Nc2ccccc2)CCCC3)cc1I. The van der Waals surface area contributed by atoms with E-state index in [-0.39, 0.29) is 5.91 Å². The number of nitrogens with zero attached hydrogens (tertiary/aromatic N) is 1. The highest BCUT2D eigenvalue weighted by molar-refractivity contribution is 14.1. The third-order valence-corrected chi connectivity index (χ3v) is 7.77. The minimum absolute atomic E-state index is 0.0772. The number of aliphatic imine (C=N–C) groups is 1. The number of carbonyl (C=O) groups excluding carboxylic acids is 1. The van der Waals surface area contributed by atoms with Crippen molar-refractivity contribution in [3.8, 4) is 5.75 Å². The number of nitrogens with one attached hydrogen (secondary N) is 1. The number of hydrogen-bond acceptors (Lipinski definition) is 4. The molecule has 0 aliphatic heterocycles. The van der Waals surface area contributed by atoms with Gasteiger partial charge in [0.25, 0.3) is 5.91 Å². The van der Waals surface area contributed by atoms with Gasteiger partial charge in [-0.25, -0.2) is 4.99 Å². The highest BCUT2D eigenvalue weighted by Gasteiger charge is 2.25. The summed E-state index contributed by atoms with van der Waals surface area (Å²) in [5, 5.41) is 3.83. The van der Waals surface area contributed by atoms with Crippen molar-refractivity contribution in [3.05, 3.63) is 71.2 Å². The van der Waals surface area contributed by atoms with Gasteiger partial charge in [0.1, 0.15) is 10.8 Å². The second-order valence-electron chi connectivity index (χ2n) is 6.99. The molecule has 2 aromatic carbocycles. The van der Waals surface area contributed by atoms with Gasteiger partial charge in [-0.1, -0.05) is 18.2 Å². The summed E-state index contributed by atoms with van der Waals surface area (Å²) in [4.78, 5) is 19.2. The predicted octanol–water partition coefficient (Wildman–Crippen LogP) is 6.85. The molecule has 1 aromatic heterocycles. The van der Waals surface area contributed by atoms with Gasteiger partial charge >= 0.3 is 0 Å². The Balaban J connectivity index is 1.69. The fraction of sp³-hybridized carbons (Fsp3) is 0.217. The van der Waals surface area contributed by atoms with Crippen molar-refractivity contribution >= 4 is 79.3 Å². The zero-order valence-electron chi connectivity index (χ0n) is 16.4. The van der Waals surface area contributed by atoms with Crippen LogP contribution in [0, 0.1) is 7.14 Å². The molecule has 0 unspecified atom stereocenters. The molecule has 0 saturated carbocycles. The van der Waals surface area contributed by atoms with Crippen LogP contribution in [0.15, 0.2) is 47.5 Å². The molecule has 4 nitrogen and oxygen atoms in total. The molecule has 1 amide bonds. The van der Waals surface area contributed by atoms with Crippen LogP contribution in [-0.2, 0) is 12.8 Å². The summed E-state index contributed by atoms with van der Waals surface area (Å²) in [7, 11) is 1.68. The molecule has 0 bridgehead atoms. The summed E-state index contributed by atoms with van der Waals surface area (Å²) in [5.41, 5.74) is 3.69. The van der Waals surface area contributed by atoms with Gasteiger partial charge in [-0.05, 0) is 106 Å². The molecule has 4 rings (SSSR count). The number of para-hydroxylation sites is 1. The van der Waals surface area contributed by atoms with Crippen molar-refractivity contribution in [3.63, 3.8) is 0 Å². The molecular weight excluding hydrogens is 622 g/mol. The Labute approximate surface area is 207 Å². The molecular formula is C23H20I2N2O2S. The second kappa shape index (κ2) is 9.78. The number of ether oxygens (including phenoxy) is 1. The minimum atomic E-state index is -0.0772. The van der Waals surface area contributed by atoms with Gasteiger partial charge in [0.2, 0.25) is 0 Å². The van der Waals surface area contributed by atoms with E-state index in [4.69, 9.17) is 9.73 Å². The zero-order chi connectivity index (χ0) is 21.1. The van der Waals surface area contributed by atoms with Crippen LogP contribution in [0.25, 0.3) is 0 Å². The topological polar surface area (TPSA) is 50.7 Å². The van der Waals surface area contributed by atoms with Gasteiger partial charge in [0, 0.05) is 16.8 Å². The molecule has 7 heteroatoms. The second-order valence-corrected chi connectivity index (χ2v) is 10.4. The summed E-state index contributed by atoms with van der Waals surface area (Å²) in [5.74, 6) is 0.800. The van der Waals surface area contributed by atoms with E-state index in [1.165, 1.54) is 16.9 Å². The number of thiophene rings is 1. The number of hydrogen-bond donors (Lipinski definition) is 1. The summed E-state index contributed by atoms with van der Waals surface area (Å²) in [6, 6.07) is 13.7. The van der Waals surface area contributed by atoms with Crippen molar-refractivity contribution in [1.82, 2.24) is 0 Å². The first kappa shape index (κ1) is 21.8. The van der Waals surface area contributed by atoms with E-state index in [2.05, 4.69) is 50.5 Å². The van der Waals surface area contributed by atoms with Crippen LogP contribution in [0.5, 0.6) is 5.75 Å². The molecule has 0 atom stereocenters. The summed E-state index contributed by atoms with van der Waals surface area (Å²) < 4.78 is 7.52. The molecule has 1 heterocycles. The van der Waals surface area contributed by atoms with Crippen molar-refractivity contribution in [2.75, 3.05) is 12.4 Å². The van der Waals surface area contributed by atoms with Gasteiger partial charge in [-0.3, -0.25) is 4.79 Å². The van der Waals surface area contributed by atoms with E-state index in [9.17, 15) is 4.79 Å². The average Bonchev–Trinajstić information content (AvgIpc) is 3.11. The fourth-order valence-electron chi connectivity index (χ4n) is 3.57. The highest BCUT2D eigenvalue weighted by atomic mass is 127. The van der Waals surface area contributed by atoms with Crippen molar-refractivity contribution in [2.24, 2.45) is 4.99 Å². The standard InChI is InChI=1S/C23H20I2N2O2S/c1-29-21-17(24)11-14(12-18(21)25)13-26-23-20(16-9-5-6-10-19(16)30-23)22(28)27-15-7-3-2-4-8-15/h2-4,7-8,11-13H,5-6,9-10H2,1H3,(H,27,28). The van der Waals surface area contributed by atoms with E-state index in [1.807, 2.05) is 48.7 Å². The first-order chi connectivity index (χ1) is 14.6. The number of methoxy groups -OCH3 is 1. The molecule has 30 heavy (non-hydrogen) atoms. The van der Waals surface area contributed by atoms with Gasteiger partial charge < -0.3 is 10.1 Å². The minimum Gasteiger partial charge on any atom is -0.495 e. The smallest absolute Gasteiger partial charge is 0.259 e. The number of fused-ring (bicyclic) bond motifs is 1. The van der Waals surface area contributed by atoms with Crippen molar-refractivity contribution in [2.45, 2.75) is 25.7 Å². The number of rotatable bonds is 5. The van der Waals surface area contributed by atoms with E-state index in [0.717, 1.165) is 54.0 Å². The van der Waals surface area contributed by atoms with Crippen molar-refractivity contribution < 1.29 is 9.53 Å². The molecule has 1 N–H and O–H groups in total. The first-order valence-corrected chi connectivity index (χ1v) is 12.6. The number of anilines is 1. The van der Waals surface area contributed by atoms with Gasteiger partial charge in [0.15, 0.2) is 0 Å². The van der Waals surface area contributed by atoms with Crippen LogP contribution < -0.4 is 10.1 Å². The molecule has 0 spiro atoms. The Morgan fingerprint density at radius 1 is 1.13 bits per heavy atom. The monoisotopic (exact) mass is 642 g/mol. The zero-order valence-corrected chi connectivity index (χ0v) is 21.5. The lowest BCUT2D eigenvalue weighted by Crippen LogP contribution is -2.14. The van der Waals surface area contributed by atoms with Crippen LogP contribution in [0.2, 0.25) is 0 Å². The van der Waals surface area contributed by atoms with Gasteiger partial charge in [0.05, 0.1) is 19.8 Å². The number of carbonyl (C=O) groups is 1. The average molecular weight is 642 g/mol. The molecule has 0 saturated heterocycles. The maximum Gasteiger partial charge on any atom is 0.259 e. The Bertz CT molecular complexity index is 1090.